The summed E-state index contributed by atoms with van der Waals surface area (Å²) in [5.74, 6) is -0.905. The molecular weight excluding hydrogens is 250 g/mol. The number of hydrogen-bond donors (Lipinski definition) is 3. The van der Waals surface area contributed by atoms with E-state index in [0.717, 1.165) is 0 Å². The van der Waals surface area contributed by atoms with Crippen molar-refractivity contribution in [3.8, 4) is 0 Å². The molecule has 0 aliphatic rings. The highest BCUT2D eigenvalue weighted by atomic mass is 16.4. The van der Waals surface area contributed by atoms with Crippen molar-refractivity contribution in [1.29, 1.82) is 0 Å². The van der Waals surface area contributed by atoms with Gasteiger partial charge in [-0.05, 0) is 12.3 Å². The second-order valence-corrected chi connectivity index (χ2v) is 4.76. The van der Waals surface area contributed by atoms with Crippen LogP contribution in [0.5, 0.6) is 0 Å². The maximum absolute atomic E-state index is 11.7. The van der Waals surface area contributed by atoms with Crippen molar-refractivity contribution in [1.82, 2.24) is 20.3 Å². The minimum absolute atomic E-state index is 0.185. The van der Waals surface area contributed by atoms with E-state index in [4.69, 9.17) is 10.8 Å². The first-order valence-corrected chi connectivity index (χ1v) is 6.02. The van der Waals surface area contributed by atoms with Gasteiger partial charge in [-0.1, -0.05) is 19.1 Å². The number of amides is 1. The molecule has 0 aliphatic carbocycles. The molecule has 1 atom stereocenters. The number of aromatic nitrogens is 3. The number of rotatable bonds is 7. The summed E-state index contributed by atoms with van der Waals surface area (Å²) in [7, 11) is 0. The number of carboxylic acid groups (broad SMARTS) is 1. The fourth-order valence-corrected chi connectivity index (χ4v) is 1.56. The van der Waals surface area contributed by atoms with Gasteiger partial charge in [-0.3, -0.25) is 9.59 Å². The molecule has 0 fully saturated rings. The van der Waals surface area contributed by atoms with Crippen molar-refractivity contribution in [2.45, 2.75) is 39.4 Å². The normalized spacial score (nSPS) is 12.4. The van der Waals surface area contributed by atoms with Crippen LogP contribution in [0, 0.1) is 5.92 Å². The molecule has 1 aromatic rings. The van der Waals surface area contributed by atoms with E-state index < -0.39 is 12.0 Å². The van der Waals surface area contributed by atoms with Gasteiger partial charge < -0.3 is 16.2 Å². The molecule has 0 aliphatic heterocycles. The summed E-state index contributed by atoms with van der Waals surface area (Å²) in [6, 6.07) is -0.547. The van der Waals surface area contributed by atoms with E-state index in [-0.39, 0.29) is 19.0 Å². The van der Waals surface area contributed by atoms with Crippen molar-refractivity contribution in [2.24, 2.45) is 11.7 Å². The molecule has 1 amide bonds. The highest BCUT2D eigenvalue weighted by Crippen LogP contribution is 2.02. The van der Waals surface area contributed by atoms with Gasteiger partial charge in [0.15, 0.2) is 0 Å². The van der Waals surface area contributed by atoms with Crippen LogP contribution in [0.4, 0.5) is 0 Å². The zero-order chi connectivity index (χ0) is 14.4. The molecule has 1 heterocycles. The lowest BCUT2D eigenvalue weighted by molar-refractivity contribution is -0.138. The van der Waals surface area contributed by atoms with Gasteiger partial charge in [0.25, 0.3) is 0 Å². The quantitative estimate of drug-likeness (QED) is 0.604. The molecule has 8 heteroatoms. The molecule has 0 spiro atoms. The van der Waals surface area contributed by atoms with Crippen LogP contribution in [-0.2, 0) is 22.7 Å². The molecule has 0 unspecified atom stereocenters. The van der Waals surface area contributed by atoms with E-state index in [2.05, 4.69) is 15.6 Å². The molecule has 1 aromatic heterocycles. The van der Waals surface area contributed by atoms with E-state index in [9.17, 15) is 9.59 Å². The summed E-state index contributed by atoms with van der Waals surface area (Å²) in [6.45, 7) is 3.91. The third-order valence-electron chi connectivity index (χ3n) is 2.39. The summed E-state index contributed by atoms with van der Waals surface area (Å²) < 4.78 is 1.19. The predicted octanol–water partition coefficient (Wildman–Crippen LogP) is -0.648. The van der Waals surface area contributed by atoms with Crippen molar-refractivity contribution < 1.29 is 14.7 Å². The van der Waals surface area contributed by atoms with Crippen molar-refractivity contribution in [3.05, 3.63) is 11.9 Å². The van der Waals surface area contributed by atoms with Gasteiger partial charge in [-0.2, -0.15) is 0 Å². The topological polar surface area (TPSA) is 123 Å². The van der Waals surface area contributed by atoms with E-state index in [1.807, 2.05) is 13.8 Å². The van der Waals surface area contributed by atoms with Gasteiger partial charge in [-0.15, -0.1) is 5.10 Å². The van der Waals surface area contributed by atoms with Crippen LogP contribution in [0.3, 0.4) is 0 Å². The standard InChI is InChI=1S/C11H19N5O3/c1-7(2)3-9(12)11(19)13-4-8-5-16(15-14-8)6-10(17)18/h5,7,9H,3-4,6,12H2,1-2H3,(H,13,19)(H,17,18)/t9-/m1/s1. The molecule has 4 N–H and O–H groups in total. The number of carbonyl (C=O) groups excluding carboxylic acids is 1. The SMILES string of the molecule is CC(C)C[C@@H](N)C(=O)NCc1cn(CC(=O)O)nn1. The second kappa shape index (κ2) is 6.83. The average Bonchev–Trinajstić information content (AvgIpc) is 2.71. The molecule has 1 rings (SSSR count). The fraction of sp³-hybridized carbons (Fsp3) is 0.636. The lowest BCUT2D eigenvalue weighted by atomic mass is 10.0. The monoisotopic (exact) mass is 269 g/mol. The molecule has 0 bridgehead atoms. The van der Waals surface area contributed by atoms with Crippen LogP contribution >= 0.6 is 0 Å². The fourth-order valence-electron chi connectivity index (χ4n) is 1.56. The first-order valence-electron chi connectivity index (χ1n) is 6.02. The molecule has 0 saturated carbocycles. The lowest BCUT2D eigenvalue weighted by Gasteiger charge is -2.13. The molecule has 106 valence electrons. The number of nitrogens with one attached hydrogen (secondary N) is 1. The zero-order valence-electron chi connectivity index (χ0n) is 11.0. The highest BCUT2D eigenvalue weighted by Gasteiger charge is 2.15. The van der Waals surface area contributed by atoms with E-state index in [0.29, 0.717) is 18.0 Å². The summed E-state index contributed by atoms with van der Waals surface area (Å²) in [5.41, 5.74) is 6.21. The average molecular weight is 269 g/mol. The highest BCUT2D eigenvalue weighted by molar-refractivity contribution is 5.81. The maximum atomic E-state index is 11.7. The van der Waals surface area contributed by atoms with Crippen molar-refractivity contribution in [2.75, 3.05) is 0 Å². The molecule has 0 radical (unpaired) electrons. The number of nitrogens with two attached hydrogens (primary N) is 1. The summed E-state index contributed by atoms with van der Waals surface area (Å²) in [6.07, 6.45) is 2.08. The second-order valence-electron chi connectivity index (χ2n) is 4.76. The zero-order valence-corrected chi connectivity index (χ0v) is 11.0. The number of carboxylic acids is 1. The minimum atomic E-state index is -1.00. The van der Waals surface area contributed by atoms with Crippen LogP contribution in [0.25, 0.3) is 0 Å². The Morgan fingerprint density at radius 2 is 2.21 bits per heavy atom. The Kier molecular flexibility index (Phi) is 5.43. The Hall–Kier alpha value is -1.96. The summed E-state index contributed by atoms with van der Waals surface area (Å²) in [5, 5.41) is 18.6. The Labute approximate surface area is 111 Å². The third kappa shape index (κ3) is 5.47. The Bertz CT molecular complexity index is 443. The first kappa shape index (κ1) is 15.1. The Morgan fingerprint density at radius 3 is 2.79 bits per heavy atom. The minimum Gasteiger partial charge on any atom is -0.480 e. The number of carbonyl (C=O) groups is 2. The van der Waals surface area contributed by atoms with Gasteiger partial charge in [-0.25, -0.2) is 4.68 Å². The molecule has 19 heavy (non-hydrogen) atoms. The van der Waals surface area contributed by atoms with Crippen LogP contribution in [-0.4, -0.2) is 38.0 Å². The number of nitrogens with zero attached hydrogens (tertiary/aromatic N) is 3. The number of hydrogen-bond acceptors (Lipinski definition) is 5. The van der Waals surface area contributed by atoms with Gasteiger partial charge in [0.2, 0.25) is 5.91 Å². The van der Waals surface area contributed by atoms with Gasteiger partial charge in [0.1, 0.15) is 12.2 Å². The van der Waals surface area contributed by atoms with Gasteiger partial charge >= 0.3 is 5.97 Å². The van der Waals surface area contributed by atoms with E-state index >= 15 is 0 Å². The van der Waals surface area contributed by atoms with E-state index in [1.54, 1.807) is 0 Å². The third-order valence-corrected chi connectivity index (χ3v) is 2.39. The Morgan fingerprint density at radius 1 is 1.53 bits per heavy atom. The van der Waals surface area contributed by atoms with Gasteiger partial charge in [0.05, 0.1) is 18.8 Å². The largest absolute Gasteiger partial charge is 0.480 e. The molecule has 8 nitrogen and oxygen atoms in total. The lowest BCUT2D eigenvalue weighted by Crippen LogP contribution is -2.41. The molecule has 0 aromatic carbocycles. The van der Waals surface area contributed by atoms with Gasteiger partial charge in [0, 0.05) is 0 Å². The predicted molar refractivity (Wildman–Crippen MR) is 66.9 cm³/mol. The van der Waals surface area contributed by atoms with Crippen molar-refractivity contribution in [3.63, 3.8) is 0 Å². The summed E-state index contributed by atoms with van der Waals surface area (Å²) in [4.78, 5) is 22.1. The summed E-state index contributed by atoms with van der Waals surface area (Å²) >= 11 is 0. The van der Waals surface area contributed by atoms with Crippen LogP contribution in [0.2, 0.25) is 0 Å². The van der Waals surface area contributed by atoms with Crippen LogP contribution in [0.15, 0.2) is 6.20 Å². The molecular formula is C11H19N5O3. The van der Waals surface area contributed by atoms with Crippen molar-refractivity contribution >= 4 is 11.9 Å². The maximum Gasteiger partial charge on any atom is 0.325 e. The molecule has 0 saturated heterocycles. The number of aliphatic carboxylic acids is 1. The smallest absolute Gasteiger partial charge is 0.325 e. The van der Waals surface area contributed by atoms with E-state index in [1.165, 1.54) is 10.9 Å². The Balaban J connectivity index is 2.41. The van der Waals surface area contributed by atoms with Crippen LogP contribution in [0.1, 0.15) is 26.0 Å². The first-order chi connectivity index (χ1) is 8.88. The van der Waals surface area contributed by atoms with Crippen LogP contribution < -0.4 is 11.1 Å².